The predicted octanol–water partition coefficient (Wildman–Crippen LogP) is 30.0. The quantitative estimate of drug-likeness (QED) is 0.144. The number of hydrogen-bond donors (Lipinski definition) is 0. The van der Waals surface area contributed by atoms with Gasteiger partial charge in [-0.2, -0.15) is 0 Å². The second-order valence-corrected chi connectivity index (χ2v) is 33.8. The van der Waals surface area contributed by atoms with Gasteiger partial charge in [-0.25, -0.2) is 19.9 Å². The molecule has 9 heteroatoms. The summed E-state index contributed by atoms with van der Waals surface area (Å²) in [6.45, 7) is 4.67. The van der Waals surface area contributed by atoms with Gasteiger partial charge >= 0.3 is 0 Å². The van der Waals surface area contributed by atoms with E-state index in [-0.39, 0.29) is 5.41 Å². The topological polar surface area (TPSA) is 76.2 Å². The van der Waals surface area contributed by atoms with Crippen LogP contribution < -0.4 is 0 Å². The van der Waals surface area contributed by atoms with E-state index in [1.807, 2.05) is 18.2 Å². The molecule has 0 radical (unpaired) electrons. The highest BCUT2D eigenvalue weighted by Crippen LogP contribution is 2.54. The van der Waals surface area contributed by atoms with Gasteiger partial charge in [0.05, 0.1) is 111 Å². The molecule has 588 valence electrons. The zero-order valence-corrected chi connectivity index (χ0v) is 68.9. The van der Waals surface area contributed by atoms with Crippen molar-refractivity contribution >= 4 is 153 Å². The van der Waals surface area contributed by atoms with Crippen molar-refractivity contribution in [2.24, 2.45) is 0 Å². The predicted molar refractivity (Wildman–Crippen MR) is 525 cm³/mol. The minimum absolute atomic E-state index is 0.134. The molecule has 0 spiro atoms. The molecule has 0 fully saturated rings. The van der Waals surface area contributed by atoms with Gasteiger partial charge in [-0.3, -0.25) is 0 Å². The first kappa shape index (κ1) is 71.1. The molecule has 0 amide bonds. The van der Waals surface area contributed by atoms with Crippen LogP contribution in [0.4, 0.5) is 0 Å². The summed E-state index contributed by atoms with van der Waals surface area (Å²) in [5.74, 6) is 0. The number of benzene rings is 19. The molecular weight excluding hydrogens is 1530 g/mol. The lowest BCUT2D eigenvalue weighted by atomic mass is 9.82. The second kappa shape index (κ2) is 27.7. The van der Waals surface area contributed by atoms with E-state index in [4.69, 9.17) is 19.9 Å². The number of nitrogens with zero attached hydrogens (tertiary/aromatic N) is 9. The normalized spacial score (nSPS) is 12.6. The Balaban J connectivity index is 0.000000134. The number of rotatable bonds is 9. The van der Waals surface area contributed by atoms with Gasteiger partial charge in [0.25, 0.3) is 0 Å². The number of hydrogen-bond acceptors (Lipinski definition) is 4. The van der Waals surface area contributed by atoms with E-state index in [1.165, 1.54) is 126 Å². The van der Waals surface area contributed by atoms with Crippen molar-refractivity contribution in [3.8, 4) is 84.6 Å². The third kappa shape index (κ3) is 10.6. The molecule has 7 heterocycles. The Morgan fingerprint density at radius 2 is 0.508 bits per heavy atom. The van der Waals surface area contributed by atoms with Gasteiger partial charge in [0, 0.05) is 109 Å². The summed E-state index contributed by atoms with van der Waals surface area (Å²) in [6, 6.07) is 151. The molecule has 7 aromatic heterocycles. The number of fused-ring (bicyclic) bond motifs is 22. The average molecular weight is 1610 g/mol. The van der Waals surface area contributed by atoms with Gasteiger partial charge in [-0.05, 0) is 154 Å². The standard InChI is InChI=1S/C60H37N5.C57H38N4/c1-2-20-40(21-3-1)63-52-33-14-8-26-45(52)56-47(28-17-35-54(56)63)59-58(61-48-29-10-11-30-49(48)62-59)39-19-16-22-41(36-39)64-53-34-15-9-27-46(53)57-55(64)37-38-18-4-5-23-42(38)60(57)65-50-31-12-6-24-43(50)44-25-7-13-32-51(44)65;1-57(2)44-26-9-5-23-41(44)52-43(25-16-27-45(52)57)55-54(58-46-28-10-11-29-47(46)59-55)36-18-15-19-37(33-36)60-50-32-14-8-24-42(50)53-51(60)34-35-17-3-4-20-38(35)56(53)61-48-30-12-6-21-39(48)40-22-7-13-31-49(40)61/h1-37H;3-34H,1-2H3. The van der Waals surface area contributed by atoms with Crippen molar-refractivity contribution in [1.29, 1.82) is 0 Å². The summed E-state index contributed by atoms with van der Waals surface area (Å²) in [5.41, 5.74) is 33.4. The van der Waals surface area contributed by atoms with E-state index in [0.29, 0.717) is 0 Å². The Bertz CT molecular complexity index is 9000. The van der Waals surface area contributed by atoms with Crippen molar-refractivity contribution < 1.29 is 0 Å². The first-order valence-electron chi connectivity index (χ1n) is 43.3. The Kier molecular flexibility index (Phi) is 15.6. The van der Waals surface area contributed by atoms with Crippen LogP contribution in [-0.4, -0.2) is 42.8 Å². The molecule has 0 atom stereocenters. The van der Waals surface area contributed by atoms with E-state index >= 15 is 0 Å². The number of aromatic nitrogens is 9. The Labute approximate surface area is 724 Å². The summed E-state index contributed by atoms with van der Waals surface area (Å²) in [4.78, 5) is 21.9. The van der Waals surface area contributed by atoms with Gasteiger partial charge in [-0.1, -0.05) is 311 Å². The van der Waals surface area contributed by atoms with Crippen molar-refractivity contribution in [3.63, 3.8) is 0 Å². The molecule has 0 unspecified atom stereocenters. The highest BCUT2D eigenvalue weighted by molar-refractivity contribution is 6.25. The first-order valence-corrected chi connectivity index (χ1v) is 43.3. The maximum Gasteiger partial charge on any atom is 0.0980 e. The lowest BCUT2D eigenvalue weighted by Crippen LogP contribution is -2.14. The third-order valence-electron chi connectivity index (χ3n) is 26.6. The Hall–Kier alpha value is -16.6. The molecule has 27 rings (SSSR count). The van der Waals surface area contributed by atoms with Crippen LogP contribution in [0, 0.1) is 0 Å². The van der Waals surface area contributed by atoms with Gasteiger partial charge < -0.3 is 22.8 Å². The van der Waals surface area contributed by atoms with Crippen LogP contribution in [0.5, 0.6) is 0 Å². The smallest absolute Gasteiger partial charge is 0.0980 e. The van der Waals surface area contributed by atoms with Crippen molar-refractivity contribution in [2.75, 3.05) is 0 Å². The van der Waals surface area contributed by atoms with Crippen molar-refractivity contribution in [1.82, 2.24) is 42.8 Å². The van der Waals surface area contributed by atoms with Gasteiger partial charge in [0.15, 0.2) is 0 Å². The van der Waals surface area contributed by atoms with Crippen LogP contribution in [0.25, 0.3) is 237 Å². The molecule has 0 aliphatic heterocycles. The minimum Gasteiger partial charge on any atom is -0.309 e. The van der Waals surface area contributed by atoms with E-state index < -0.39 is 0 Å². The molecular formula is C117H75N9. The van der Waals surface area contributed by atoms with Crippen molar-refractivity contribution in [2.45, 2.75) is 19.3 Å². The van der Waals surface area contributed by atoms with Crippen LogP contribution in [0.3, 0.4) is 0 Å². The van der Waals surface area contributed by atoms with Crippen LogP contribution in [0.1, 0.15) is 25.0 Å². The molecule has 19 aromatic carbocycles. The largest absolute Gasteiger partial charge is 0.309 e. The number of para-hydroxylation sites is 12. The zero-order chi connectivity index (χ0) is 83.0. The fourth-order valence-electron chi connectivity index (χ4n) is 21.3. The molecule has 0 bridgehead atoms. The molecule has 9 nitrogen and oxygen atoms in total. The minimum atomic E-state index is -0.134. The van der Waals surface area contributed by atoms with Gasteiger partial charge in [0.1, 0.15) is 0 Å². The van der Waals surface area contributed by atoms with Crippen molar-refractivity contribution in [3.05, 3.63) is 430 Å². The van der Waals surface area contributed by atoms with Gasteiger partial charge in [-0.15, -0.1) is 0 Å². The molecule has 0 saturated carbocycles. The Morgan fingerprint density at radius 3 is 0.976 bits per heavy atom. The fraction of sp³-hybridized carbons (Fsp3) is 0.0256. The average Bonchev–Trinajstić information content (AvgIpc) is 1.55. The molecule has 126 heavy (non-hydrogen) atoms. The van der Waals surface area contributed by atoms with E-state index in [9.17, 15) is 0 Å². The second-order valence-electron chi connectivity index (χ2n) is 33.8. The maximum atomic E-state index is 5.50. The van der Waals surface area contributed by atoms with E-state index in [0.717, 1.165) is 123 Å². The van der Waals surface area contributed by atoms with E-state index in [2.05, 4.69) is 437 Å². The van der Waals surface area contributed by atoms with Crippen LogP contribution in [0.2, 0.25) is 0 Å². The third-order valence-corrected chi connectivity index (χ3v) is 26.6. The summed E-state index contributed by atoms with van der Waals surface area (Å²) in [6.07, 6.45) is 0. The van der Waals surface area contributed by atoms with Crippen LogP contribution >= 0.6 is 0 Å². The molecule has 1 aliphatic carbocycles. The summed E-state index contributed by atoms with van der Waals surface area (Å²) >= 11 is 0. The highest BCUT2D eigenvalue weighted by atomic mass is 15.0. The lowest BCUT2D eigenvalue weighted by molar-refractivity contribution is 0.660. The van der Waals surface area contributed by atoms with E-state index in [1.54, 1.807) is 0 Å². The molecule has 1 aliphatic rings. The molecule has 0 N–H and O–H groups in total. The Morgan fingerprint density at radius 1 is 0.198 bits per heavy atom. The zero-order valence-electron chi connectivity index (χ0n) is 68.9. The summed E-state index contributed by atoms with van der Waals surface area (Å²) in [5, 5.41) is 17.0. The fourth-order valence-corrected chi connectivity index (χ4v) is 21.3. The molecule has 0 saturated heterocycles. The SMILES string of the molecule is CC1(C)c2ccccc2-c2c(-c3nc4ccccc4nc3-c3cccc(-n4c5ccccc5c5c(-n6c7ccccc7c7ccccc76)c6ccccc6cc54)c3)cccc21.c1ccc(-n2c3ccccc3c3c(-c4nc5ccccc5nc4-c4cccc(-n5c6ccccc6c6c(-n7c8ccccc8c8ccccc87)c7ccccc7cc65)c4)cccc32)cc1. The monoisotopic (exact) mass is 1610 g/mol. The van der Waals surface area contributed by atoms with Gasteiger partial charge in [0.2, 0.25) is 0 Å². The maximum absolute atomic E-state index is 5.50. The highest BCUT2D eigenvalue weighted by Gasteiger charge is 2.38. The summed E-state index contributed by atoms with van der Waals surface area (Å²) in [7, 11) is 0. The molecule has 26 aromatic rings. The first-order chi connectivity index (χ1) is 62.3. The van der Waals surface area contributed by atoms with Crippen LogP contribution in [-0.2, 0) is 5.41 Å². The summed E-state index contributed by atoms with van der Waals surface area (Å²) < 4.78 is 12.3. The van der Waals surface area contributed by atoms with Crippen LogP contribution in [0.15, 0.2) is 419 Å². The lowest BCUT2D eigenvalue weighted by Gasteiger charge is -2.21.